The van der Waals surface area contributed by atoms with Gasteiger partial charge in [-0.1, -0.05) is 5.92 Å². The van der Waals surface area contributed by atoms with Crippen molar-refractivity contribution < 1.29 is 29.9 Å². The normalized spacial score (nSPS) is 41.1. The summed E-state index contributed by atoms with van der Waals surface area (Å²) in [6.07, 6.45) is -1.36. The third-order valence-electron chi connectivity index (χ3n) is 2.18. The number of hydrogen-bond donors (Lipinski definition) is 4. The second kappa shape index (κ2) is 5.42. The quantitative estimate of drug-likeness (QED) is 0.389. The minimum Gasteiger partial charge on any atom is -0.394 e. The molecule has 6 heteroatoms. The number of hydrogen-bond acceptors (Lipinski definition) is 6. The number of terminal acetylenes is 1. The third kappa shape index (κ3) is 2.66. The lowest BCUT2D eigenvalue weighted by molar-refractivity contribution is -0.298. The van der Waals surface area contributed by atoms with Crippen LogP contribution >= 0.6 is 0 Å². The minimum atomic E-state index is -1.43. The lowest BCUT2D eigenvalue weighted by Crippen LogP contribution is -2.59. The summed E-state index contributed by atoms with van der Waals surface area (Å²) in [6, 6.07) is 0. The molecule has 0 spiro atoms. The van der Waals surface area contributed by atoms with Crippen molar-refractivity contribution >= 4 is 0 Å². The molecule has 4 N–H and O–H groups in total. The Balaban J connectivity index is 2.62. The monoisotopic (exact) mass is 218 g/mol. The molecule has 15 heavy (non-hydrogen) atoms. The standard InChI is InChI=1S/C9H14O6/c1-2-3-14-9-8(13)7(12)6(11)5(4-10)15-9/h1,5-13H,3-4H2/t5?,6-,7?,8?,9+/m0/s1. The van der Waals surface area contributed by atoms with E-state index in [1.807, 2.05) is 0 Å². The Morgan fingerprint density at radius 2 is 1.87 bits per heavy atom. The average Bonchev–Trinajstić information content (AvgIpc) is 2.25. The zero-order valence-corrected chi connectivity index (χ0v) is 7.98. The van der Waals surface area contributed by atoms with Gasteiger partial charge in [-0.05, 0) is 0 Å². The molecule has 0 amide bonds. The van der Waals surface area contributed by atoms with E-state index in [0.29, 0.717) is 0 Å². The topological polar surface area (TPSA) is 99.4 Å². The second-order valence-electron chi connectivity index (χ2n) is 3.21. The van der Waals surface area contributed by atoms with E-state index in [-0.39, 0.29) is 6.61 Å². The van der Waals surface area contributed by atoms with Crippen LogP contribution < -0.4 is 0 Å². The Morgan fingerprint density at radius 3 is 2.40 bits per heavy atom. The van der Waals surface area contributed by atoms with Gasteiger partial charge in [-0.15, -0.1) is 6.42 Å². The van der Waals surface area contributed by atoms with Crippen LogP contribution in [0.1, 0.15) is 0 Å². The Kier molecular flexibility index (Phi) is 4.47. The molecule has 0 aromatic rings. The summed E-state index contributed by atoms with van der Waals surface area (Å²) in [5, 5.41) is 37.0. The zero-order valence-electron chi connectivity index (χ0n) is 7.98. The van der Waals surface area contributed by atoms with Gasteiger partial charge in [-0.3, -0.25) is 0 Å². The lowest BCUT2D eigenvalue weighted by Gasteiger charge is -2.39. The molecule has 0 radical (unpaired) electrons. The number of aliphatic hydroxyl groups excluding tert-OH is 4. The lowest BCUT2D eigenvalue weighted by atomic mass is 9.99. The van der Waals surface area contributed by atoms with E-state index >= 15 is 0 Å². The van der Waals surface area contributed by atoms with Crippen LogP contribution in [-0.2, 0) is 9.47 Å². The number of rotatable bonds is 3. The molecule has 1 heterocycles. The van der Waals surface area contributed by atoms with Crippen molar-refractivity contribution in [2.75, 3.05) is 13.2 Å². The first-order valence-corrected chi connectivity index (χ1v) is 4.47. The Morgan fingerprint density at radius 1 is 1.20 bits per heavy atom. The van der Waals surface area contributed by atoms with Crippen molar-refractivity contribution in [3.05, 3.63) is 0 Å². The van der Waals surface area contributed by atoms with Crippen molar-refractivity contribution in [3.63, 3.8) is 0 Å². The maximum Gasteiger partial charge on any atom is 0.187 e. The smallest absolute Gasteiger partial charge is 0.187 e. The van der Waals surface area contributed by atoms with Crippen molar-refractivity contribution in [2.24, 2.45) is 0 Å². The number of aliphatic hydroxyl groups is 4. The predicted octanol–water partition coefficient (Wildman–Crippen LogP) is -2.56. The fourth-order valence-corrected chi connectivity index (χ4v) is 1.34. The van der Waals surface area contributed by atoms with Crippen LogP contribution in [0.15, 0.2) is 0 Å². The summed E-state index contributed by atoms with van der Waals surface area (Å²) < 4.78 is 9.91. The number of ether oxygens (including phenoxy) is 2. The first-order chi connectivity index (χ1) is 7.11. The molecule has 1 aliphatic rings. The van der Waals surface area contributed by atoms with Crippen molar-refractivity contribution in [3.8, 4) is 12.3 Å². The summed E-state index contributed by atoms with van der Waals surface area (Å²) in [4.78, 5) is 0. The Bertz CT molecular complexity index is 235. The van der Waals surface area contributed by atoms with Gasteiger partial charge in [0.15, 0.2) is 6.29 Å². The average molecular weight is 218 g/mol. The Labute approximate surface area is 87.1 Å². The van der Waals surface area contributed by atoms with Crippen LogP contribution in [0, 0.1) is 12.3 Å². The van der Waals surface area contributed by atoms with Crippen LogP contribution in [0.25, 0.3) is 0 Å². The summed E-state index contributed by atoms with van der Waals surface area (Å²) in [6.45, 7) is -0.580. The van der Waals surface area contributed by atoms with E-state index in [1.165, 1.54) is 0 Å². The van der Waals surface area contributed by atoms with Gasteiger partial charge in [0.25, 0.3) is 0 Å². The molecule has 5 atom stereocenters. The fourth-order valence-electron chi connectivity index (χ4n) is 1.34. The van der Waals surface area contributed by atoms with E-state index in [1.54, 1.807) is 0 Å². The highest BCUT2D eigenvalue weighted by Gasteiger charge is 2.43. The molecule has 0 bridgehead atoms. The van der Waals surface area contributed by atoms with Gasteiger partial charge in [0.05, 0.1) is 6.61 Å². The van der Waals surface area contributed by atoms with Crippen LogP contribution in [0.2, 0.25) is 0 Å². The van der Waals surface area contributed by atoms with E-state index < -0.39 is 37.3 Å². The third-order valence-corrected chi connectivity index (χ3v) is 2.18. The SMILES string of the molecule is C#CCO[C@@H]1OC(CO)[C@H](O)C(O)C1O. The molecule has 86 valence electrons. The highest BCUT2D eigenvalue weighted by molar-refractivity contribution is 4.90. The van der Waals surface area contributed by atoms with Gasteiger partial charge in [-0.2, -0.15) is 0 Å². The molecular formula is C9H14O6. The van der Waals surface area contributed by atoms with Crippen LogP contribution in [0.5, 0.6) is 0 Å². The van der Waals surface area contributed by atoms with Crippen LogP contribution in [-0.4, -0.2) is 64.3 Å². The fraction of sp³-hybridized carbons (Fsp3) is 0.778. The van der Waals surface area contributed by atoms with Crippen LogP contribution in [0.4, 0.5) is 0 Å². The second-order valence-corrected chi connectivity index (χ2v) is 3.21. The van der Waals surface area contributed by atoms with Gasteiger partial charge < -0.3 is 29.9 Å². The van der Waals surface area contributed by atoms with Gasteiger partial charge in [-0.25, -0.2) is 0 Å². The van der Waals surface area contributed by atoms with E-state index in [0.717, 1.165) is 0 Å². The molecular weight excluding hydrogens is 204 g/mol. The maximum absolute atomic E-state index is 9.44. The molecule has 1 fully saturated rings. The summed E-state index contributed by atoms with van der Waals surface area (Å²) >= 11 is 0. The molecule has 0 aromatic carbocycles. The van der Waals surface area contributed by atoms with Gasteiger partial charge in [0.1, 0.15) is 31.0 Å². The molecule has 1 aliphatic heterocycles. The molecule has 3 unspecified atom stereocenters. The molecule has 1 rings (SSSR count). The van der Waals surface area contributed by atoms with E-state index in [2.05, 4.69) is 5.92 Å². The molecule has 6 nitrogen and oxygen atoms in total. The first-order valence-electron chi connectivity index (χ1n) is 4.47. The molecule has 0 aromatic heterocycles. The largest absolute Gasteiger partial charge is 0.394 e. The van der Waals surface area contributed by atoms with Gasteiger partial charge >= 0.3 is 0 Å². The first kappa shape index (κ1) is 12.4. The van der Waals surface area contributed by atoms with E-state index in [4.69, 9.17) is 21.0 Å². The van der Waals surface area contributed by atoms with Crippen molar-refractivity contribution in [1.29, 1.82) is 0 Å². The highest BCUT2D eigenvalue weighted by Crippen LogP contribution is 2.21. The summed E-state index contributed by atoms with van der Waals surface area (Å²) in [5.74, 6) is 2.17. The maximum atomic E-state index is 9.44. The van der Waals surface area contributed by atoms with Gasteiger partial charge in [0, 0.05) is 0 Å². The van der Waals surface area contributed by atoms with Crippen molar-refractivity contribution in [2.45, 2.75) is 30.7 Å². The highest BCUT2D eigenvalue weighted by atomic mass is 16.7. The summed E-state index contributed by atoms with van der Waals surface area (Å²) in [5.41, 5.74) is 0. The van der Waals surface area contributed by atoms with E-state index in [9.17, 15) is 15.3 Å². The minimum absolute atomic E-state index is 0.0946. The van der Waals surface area contributed by atoms with Crippen LogP contribution in [0.3, 0.4) is 0 Å². The predicted molar refractivity (Wildman–Crippen MR) is 48.6 cm³/mol. The summed E-state index contributed by atoms with van der Waals surface area (Å²) in [7, 11) is 0. The van der Waals surface area contributed by atoms with Crippen molar-refractivity contribution in [1.82, 2.24) is 0 Å². The van der Waals surface area contributed by atoms with Gasteiger partial charge in [0.2, 0.25) is 0 Å². The molecule has 0 aliphatic carbocycles. The molecule has 0 saturated carbocycles. The molecule has 1 saturated heterocycles. The Hall–Kier alpha value is -0.680. The zero-order chi connectivity index (χ0) is 11.4.